The maximum absolute atomic E-state index is 10.5. The zero-order chi connectivity index (χ0) is 12.2. The highest BCUT2D eigenvalue weighted by atomic mass is 35.5. The second-order valence-electron chi connectivity index (χ2n) is 4.28. The first-order chi connectivity index (χ1) is 7.66. The SMILES string of the molecule is CCCC(Cl)CCCCCCCOC(C)=O. The molecule has 0 amide bonds. The van der Waals surface area contributed by atoms with E-state index in [1.54, 1.807) is 0 Å². The lowest BCUT2D eigenvalue weighted by Crippen LogP contribution is -2.00. The zero-order valence-corrected chi connectivity index (χ0v) is 11.4. The van der Waals surface area contributed by atoms with E-state index in [9.17, 15) is 4.79 Å². The molecule has 3 heteroatoms. The maximum Gasteiger partial charge on any atom is 0.302 e. The number of alkyl halides is 1. The molecule has 16 heavy (non-hydrogen) atoms. The minimum absolute atomic E-state index is 0.176. The summed E-state index contributed by atoms with van der Waals surface area (Å²) in [5.41, 5.74) is 0. The molecule has 0 fully saturated rings. The summed E-state index contributed by atoms with van der Waals surface area (Å²) in [5, 5.41) is 0.367. The summed E-state index contributed by atoms with van der Waals surface area (Å²) in [4.78, 5) is 10.5. The first-order valence-corrected chi connectivity index (χ1v) is 6.88. The molecule has 0 aromatic rings. The van der Waals surface area contributed by atoms with Crippen molar-refractivity contribution in [3.63, 3.8) is 0 Å². The minimum Gasteiger partial charge on any atom is -0.466 e. The average molecular weight is 249 g/mol. The van der Waals surface area contributed by atoms with E-state index in [4.69, 9.17) is 16.3 Å². The van der Waals surface area contributed by atoms with Gasteiger partial charge < -0.3 is 4.74 Å². The molecule has 0 aliphatic heterocycles. The quantitative estimate of drug-likeness (QED) is 0.327. The molecule has 0 aromatic heterocycles. The molecule has 0 rings (SSSR count). The summed E-state index contributed by atoms with van der Waals surface area (Å²) < 4.78 is 4.86. The predicted molar refractivity (Wildman–Crippen MR) is 68.9 cm³/mol. The Hall–Kier alpha value is -0.240. The van der Waals surface area contributed by atoms with Crippen LogP contribution in [0.5, 0.6) is 0 Å². The number of halogens is 1. The van der Waals surface area contributed by atoms with Gasteiger partial charge in [-0.25, -0.2) is 0 Å². The largest absolute Gasteiger partial charge is 0.466 e. The van der Waals surface area contributed by atoms with E-state index in [0.717, 1.165) is 25.7 Å². The molecule has 0 aromatic carbocycles. The first-order valence-electron chi connectivity index (χ1n) is 6.44. The van der Waals surface area contributed by atoms with Crippen LogP contribution in [0.4, 0.5) is 0 Å². The highest BCUT2D eigenvalue weighted by molar-refractivity contribution is 6.20. The van der Waals surface area contributed by atoms with Crippen LogP contribution in [0.3, 0.4) is 0 Å². The Morgan fingerprint density at radius 3 is 2.38 bits per heavy atom. The minimum atomic E-state index is -0.176. The van der Waals surface area contributed by atoms with Crippen LogP contribution in [0.25, 0.3) is 0 Å². The van der Waals surface area contributed by atoms with Crippen LogP contribution in [-0.2, 0) is 9.53 Å². The van der Waals surface area contributed by atoms with Crippen molar-refractivity contribution in [2.75, 3.05) is 6.61 Å². The van der Waals surface area contributed by atoms with Crippen LogP contribution in [0.15, 0.2) is 0 Å². The Balaban J connectivity index is 3.06. The van der Waals surface area contributed by atoms with E-state index in [1.165, 1.54) is 32.6 Å². The second-order valence-corrected chi connectivity index (χ2v) is 4.90. The van der Waals surface area contributed by atoms with Gasteiger partial charge in [0.25, 0.3) is 0 Å². The first kappa shape index (κ1) is 15.8. The van der Waals surface area contributed by atoms with Crippen molar-refractivity contribution in [3.8, 4) is 0 Å². The average Bonchev–Trinajstić information content (AvgIpc) is 2.22. The van der Waals surface area contributed by atoms with E-state index in [0.29, 0.717) is 12.0 Å². The van der Waals surface area contributed by atoms with E-state index in [-0.39, 0.29) is 5.97 Å². The fourth-order valence-corrected chi connectivity index (χ4v) is 2.04. The molecule has 1 atom stereocenters. The molecular weight excluding hydrogens is 224 g/mol. The molecule has 0 spiro atoms. The van der Waals surface area contributed by atoms with E-state index < -0.39 is 0 Å². The van der Waals surface area contributed by atoms with Gasteiger partial charge in [-0.15, -0.1) is 11.6 Å². The van der Waals surface area contributed by atoms with Crippen molar-refractivity contribution in [2.24, 2.45) is 0 Å². The fraction of sp³-hybridized carbons (Fsp3) is 0.923. The summed E-state index contributed by atoms with van der Waals surface area (Å²) in [6.07, 6.45) is 9.27. The number of carbonyl (C=O) groups is 1. The van der Waals surface area contributed by atoms with Crippen molar-refractivity contribution in [2.45, 2.75) is 70.6 Å². The van der Waals surface area contributed by atoms with Gasteiger partial charge in [0.05, 0.1) is 6.61 Å². The smallest absolute Gasteiger partial charge is 0.302 e. The summed E-state index contributed by atoms with van der Waals surface area (Å²) in [6, 6.07) is 0. The van der Waals surface area contributed by atoms with Gasteiger partial charge in [-0.2, -0.15) is 0 Å². The van der Waals surface area contributed by atoms with Gasteiger partial charge in [0, 0.05) is 12.3 Å². The molecule has 0 N–H and O–H groups in total. The summed E-state index contributed by atoms with van der Waals surface area (Å²) >= 11 is 6.12. The van der Waals surface area contributed by atoms with Crippen molar-refractivity contribution >= 4 is 17.6 Å². The van der Waals surface area contributed by atoms with Crippen molar-refractivity contribution in [3.05, 3.63) is 0 Å². The van der Waals surface area contributed by atoms with Crippen LogP contribution < -0.4 is 0 Å². The normalized spacial score (nSPS) is 12.4. The Bertz CT molecular complexity index is 171. The van der Waals surface area contributed by atoms with Gasteiger partial charge in [0.1, 0.15) is 0 Å². The van der Waals surface area contributed by atoms with Crippen molar-refractivity contribution in [1.29, 1.82) is 0 Å². The molecule has 0 bridgehead atoms. The van der Waals surface area contributed by atoms with Gasteiger partial charge in [-0.3, -0.25) is 4.79 Å². The number of rotatable bonds is 10. The topological polar surface area (TPSA) is 26.3 Å². The van der Waals surface area contributed by atoms with Gasteiger partial charge in [-0.1, -0.05) is 39.0 Å². The Kier molecular flexibility index (Phi) is 11.1. The molecule has 0 aliphatic carbocycles. The van der Waals surface area contributed by atoms with Crippen LogP contribution in [0, 0.1) is 0 Å². The van der Waals surface area contributed by atoms with Crippen molar-refractivity contribution in [1.82, 2.24) is 0 Å². The number of esters is 1. The third-order valence-electron chi connectivity index (χ3n) is 2.57. The van der Waals surface area contributed by atoms with Gasteiger partial charge in [0.2, 0.25) is 0 Å². The van der Waals surface area contributed by atoms with E-state index >= 15 is 0 Å². The molecule has 2 nitrogen and oxygen atoms in total. The Morgan fingerprint density at radius 2 is 1.75 bits per heavy atom. The standard InChI is InChI=1S/C13H25ClO2/c1-3-9-13(14)10-7-5-4-6-8-11-16-12(2)15/h13H,3-11H2,1-2H3. The Labute approximate surface area is 105 Å². The fourth-order valence-electron chi connectivity index (χ4n) is 1.67. The van der Waals surface area contributed by atoms with Crippen LogP contribution in [0.2, 0.25) is 0 Å². The summed E-state index contributed by atoms with van der Waals surface area (Å²) in [7, 11) is 0. The number of ether oxygens (including phenoxy) is 1. The van der Waals surface area contributed by atoms with Crippen LogP contribution >= 0.6 is 11.6 Å². The number of hydrogen-bond acceptors (Lipinski definition) is 2. The highest BCUT2D eigenvalue weighted by Gasteiger charge is 2.02. The monoisotopic (exact) mass is 248 g/mol. The highest BCUT2D eigenvalue weighted by Crippen LogP contribution is 2.15. The lowest BCUT2D eigenvalue weighted by atomic mass is 10.1. The molecule has 0 radical (unpaired) electrons. The number of carbonyl (C=O) groups excluding carboxylic acids is 1. The van der Waals surface area contributed by atoms with Gasteiger partial charge in [-0.05, 0) is 19.3 Å². The molecule has 0 saturated heterocycles. The molecule has 0 heterocycles. The zero-order valence-electron chi connectivity index (χ0n) is 10.6. The lowest BCUT2D eigenvalue weighted by molar-refractivity contribution is -0.141. The molecule has 0 saturated carbocycles. The second kappa shape index (κ2) is 11.3. The predicted octanol–water partition coefficient (Wildman–Crippen LogP) is 4.30. The summed E-state index contributed by atoms with van der Waals surface area (Å²) in [6.45, 7) is 4.20. The van der Waals surface area contributed by atoms with Crippen molar-refractivity contribution < 1.29 is 9.53 Å². The Morgan fingerprint density at radius 1 is 1.12 bits per heavy atom. The van der Waals surface area contributed by atoms with Gasteiger partial charge >= 0.3 is 5.97 Å². The number of hydrogen-bond donors (Lipinski definition) is 0. The molecule has 1 unspecified atom stereocenters. The lowest BCUT2D eigenvalue weighted by Gasteiger charge is -2.07. The molecular formula is C13H25ClO2. The molecule has 0 aliphatic rings. The number of unbranched alkanes of at least 4 members (excludes halogenated alkanes) is 4. The molecule has 96 valence electrons. The third-order valence-corrected chi connectivity index (χ3v) is 3.01. The summed E-state index contributed by atoms with van der Waals surface area (Å²) in [5.74, 6) is -0.176. The van der Waals surface area contributed by atoms with Crippen LogP contribution in [-0.4, -0.2) is 18.0 Å². The maximum atomic E-state index is 10.5. The van der Waals surface area contributed by atoms with E-state index in [1.807, 2.05) is 0 Å². The van der Waals surface area contributed by atoms with E-state index in [2.05, 4.69) is 6.92 Å². The van der Waals surface area contributed by atoms with Gasteiger partial charge in [0.15, 0.2) is 0 Å². The van der Waals surface area contributed by atoms with Crippen LogP contribution in [0.1, 0.15) is 65.2 Å². The third kappa shape index (κ3) is 11.8.